The van der Waals surface area contributed by atoms with Gasteiger partial charge in [0.05, 0.1) is 21.2 Å². The van der Waals surface area contributed by atoms with Crippen LogP contribution in [0, 0.1) is 5.92 Å². The Labute approximate surface area is 190 Å². The first-order chi connectivity index (χ1) is 14.7. The summed E-state index contributed by atoms with van der Waals surface area (Å²) in [5, 5.41) is 2.20. The van der Waals surface area contributed by atoms with Crippen molar-refractivity contribution in [2.45, 2.75) is 37.9 Å². The molecule has 0 radical (unpaired) electrons. The first-order valence-corrected chi connectivity index (χ1v) is 11.4. The number of nitrogens with one attached hydrogen (secondary N) is 1. The van der Waals surface area contributed by atoms with Crippen LogP contribution in [0.1, 0.15) is 26.3 Å². The number of nitrogens with zero attached hydrogens (tertiary/aromatic N) is 1. The van der Waals surface area contributed by atoms with Crippen LogP contribution >= 0.6 is 11.6 Å². The maximum atomic E-state index is 13.1. The Balaban J connectivity index is 2.13. The van der Waals surface area contributed by atoms with Crippen molar-refractivity contribution in [1.82, 2.24) is 5.32 Å². The number of hydrogen-bond acceptors (Lipinski definition) is 4. The van der Waals surface area contributed by atoms with Gasteiger partial charge in [0.25, 0.3) is 15.9 Å². The number of rotatable bonds is 8. The van der Waals surface area contributed by atoms with Crippen molar-refractivity contribution in [2.24, 2.45) is 5.92 Å². The fraction of sp³-hybridized carbons (Fsp3) is 0.381. The number of alkyl halides is 3. The molecule has 2 rings (SSSR count). The van der Waals surface area contributed by atoms with Crippen LogP contribution in [0.5, 0.6) is 5.75 Å². The molecule has 0 aliphatic rings. The van der Waals surface area contributed by atoms with Crippen LogP contribution in [-0.4, -0.2) is 34.0 Å². The van der Waals surface area contributed by atoms with E-state index in [4.69, 9.17) is 16.3 Å². The molecule has 0 aliphatic carbocycles. The van der Waals surface area contributed by atoms with Gasteiger partial charge in [0.2, 0.25) is 0 Å². The summed E-state index contributed by atoms with van der Waals surface area (Å²) in [4.78, 5) is 11.4. The Morgan fingerprint density at radius 1 is 1.12 bits per heavy atom. The van der Waals surface area contributed by atoms with Crippen molar-refractivity contribution in [3.63, 3.8) is 0 Å². The Morgan fingerprint density at radius 3 is 2.25 bits per heavy atom. The number of hydrogen-bond donors (Lipinski definition) is 1. The van der Waals surface area contributed by atoms with E-state index in [2.05, 4.69) is 5.32 Å². The van der Waals surface area contributed by atoms with Crippen LogP contribution in [0.3, 0.4) is 0 Å². The second-order valence-corrected chi connectivity index (χ2v) is 9.87. The Bertz CT molecular complexity index is 1060. The molecule has 0 heterocycles. The van der Waals surface area contributed by atoms with E-state index in [0.29, 0.717) is 11.8 Å². The molecule has 32 heavy (non-hydrogen) atoms. The molecule has 2 aromatic carbocycles. The highest BCUT2D eigenvalue weighted by molar-refractivity contribution is 7.92. The van der Waals surface area contributed by atoms with Gasteiger partial charge in [0.1, 0.15) is 5.75 Å². The zero-order valence-corrected chi connectivity index (χ0v) is 19.5. The van der Waals surface area contributed by atoms with Crippen molar-refractivity contribution >= 4 is 33.2 Å². The zero-order chi connectivity index (χ0) is 24.3. The number of amides is 1. The minimum atomic E-state index is -4.79. The lowest BCUT2D eigenvalue weighted by atomic mass is 10.1. The predicted molar refractivity (Wildman–Crippen MR) is 116 cm³/mol. The minimum absolute atomic E-state index is 0.0157. The molecule has 2 aromatic rings. The van der Waals surface area contributed by atoms with Crippen LogP contribution in [-0.2, 0) is 21.0 Å². The number of carbonyl (C=O) groups excluding carboxylic acids is 1. The molecule has 0 aromatic heterocycles. The van der Waals surface area contributed by atoms with Crippen LogP contribution in [0.4, 0.5) is 18.9 Å². The summed E-state index contributed by atoms with van der Waals surface area (Å²) in [6.45, 7) is 5.62. The number of carbonyl (C=O) groups is 1. The van der Waals surface area contributed by atoms with E-state index < -0.39 is 31.7 Å². The second-order valence-electron chi connectivity index (χ2n) is 7.49. The maximum absolute atomic E-state index is 13.1. The van der Waals surface area contributed by atoms with E-state index in [1.54, 1.807) is 0 Å². The number of anilines is 1. The Kier molecular flexibility index (Phi) is 8.06. The molecule has 0 saturated carbocycles. The van der Waals surface area contributed by atoms with E-state index in [1.807, 2.05) is 20.8 Å². The van der Waals surface area contributed by atoms with Crippen LogP contribution < -0.4 is 14.4 Å². The summed E-state index contributed by atoms with van der Waals surface area (Å²) < 4.78 is 71.1. The number of ether oxygens (including phenoxy) is 1. The van der Waals surface area contributed by atoms with Crippen LogP contribution in [0.15, 0.2) is 47.4 Å². The normalized spacial score (nSPS) is 13.0. The average molecular weight is 493 g/mol. The molecule has 0 bridgehead atoms. The van der Waals surface area contributed by atoms with E-state index in [0.717, 1.165) is 16.4 Å². The summed E-state index contributed by atoms with van der Waals surface area (Å²) in [5.41, 5.74) is -1.04. The minimum Gasteiger partial charge on any atom is -0.484 e. The Hall–Kier alpha value is -2.46. The fourth-order valence-corrected chi connectivity index (χ4v) is 3.99. The quantitative estimate of drug-likeness (QED) is 0.578. The lowest BCUT2D eigenvalue weighted by Crippen LogP contribution is -2.38. The number of benzene rings is 2. The van der Waals surface area contributed by atoms with Crippen molar-refractivity contribution < 1.29 is 31.1 Å². The number of sulfonamides is 1. The van der Waals surface area contributed by atoms with Gasteiger partial charge >= 0.3 is 6.18 Å². The molecule has 1 unspecified atom stereocenters. The largest absolute Gasteiger partial charge is 0.484 e. The summed E-state index contributed by atoms with van der Waals surface area (Å²) >= 11 is 5.57. The van der Waals surface area contributed by atoms with Gasteiger partial charge in [-0.2, -0.15) is 13.2 Å². The van der Waals surface area contributed by atoms with E-state index >= 15 is 0 Å². The molecule has 1 atom stereocenters. The molecule has 176 valence electrons. The molecular formula is C21H24ClF3N2O4S. The van der Waals surface area contributed by atoms with Gasteiger partial charge in [-0.3, -0.25) is 9.10 Å². The van der Waals surface area contributed by atoms with Crippen molar-refractivity contribution in [3.05, 3.63) is 53.1 Å². The Morgan fingerprint density at radius 2 is 1.72 bits per heavy atom. The molecule has 0 spiro atoms. The molecule has 11 heteroatoms. The summed E-state index contributed by atoms with van der Waals surface area (Å²) in [5.74, 6) is 0.305. The van der Waals surface area contributed by atoms with Crippen molar-refractivity contribution in [1.29, 1.82) is 0 Å². The SMILES string of the molecule is CC(C)C(C)NC(=O)COc1ccc(N(C)S(=O)(=O)c2ccc(Cl)c(C(F)(F)F)c2)cc1. The third-order valence-electron chi connectivity index (χ3n) is 4.86. The van der Waals surface area contributed by atoms with E-state index in [9.17, 15) is 26.4 Å². The molecule has 1 N–H and O–H groups in total. The highest BCUT2D eigenvalue weighted by Gasteiger charge is 2.35. The smallest absolute Gasteiger partial charge is 0.417 e. The zero-order valence-electron chi connectivity index (χ0n) is 17.9. The molecule has 1 amide bonds. The summed E-state index contributed by atoms with van der Waals surface area (Å²) in [7, 11) is -3.07. The molecular weight excluding hydrogens is 469 g/mol. The molecule has 0 aliphatic heterocycles. The summed E-state index contributed by atoms with van der Waals surface area (Å²) in [6, 6.07) is 8.16. The van der Waals surface area contributed by atoms with Gasteiger partial charge in [-0.15, -0.1) is 0 Å². The van der Waals surface area contributed by atoms with Crippen LogP contribution in [0.25, 0.3) is 0 Å². The maximum Gasteiger partial charge on any atom is 0.417 e. The first kappa shape index (κ1) is 25.8. The molecule has 6 nitrogen and oxygen atoms in total. The topological polar surface area (TPSA) is 75.7 Å². The standard InChI is InChI=1S/C21H24ClF3N2O4S/c1-13(2)14(3)26-20(28)12-31-16-7-5-15(6-8-16)27(4)32(29,30)17-9-10-19(22)18(11-17)21(23,24)25/h5-11,13-14H,12H2,1-4H3,(H,26,28). The van der Waals surface area contributed by atoms with Gasteiger partial charge in [-0.25, -0.2) is 8.42 Å². The fourth-order valence-electron chi connectivity index (χ4n) is 2.54. The van der Waals surface area contributed by atoms with Gasteiger partial charge in [0, 0.05) is 13.1 Å². The third-order valence-corrected chi connectivity index (χ3v) is 6.97. The predicted octanol–water partition coefficient (Wildman–Crippen LogP) is 4.72. The van der Waals surface area contributed by atoms with Crippen molar-refractivity contribution in [2.75, 3.05) is 18.0 Å². The van der Waals surface area contributed by atoms with Gasteiger partial charge < -0.3 is 10.1 Å². The second kappa shape index (κ2) is 9.99. The van der Waals surface area contributed by atoms with Gasteiger partial charge in [-0.1, -0.05) is 25.4 Å². The molecule has 0 saturated heterocycles. The van der Waals surface area contributed by atoms with E-state index in [1.165, 1.54) is 31.3 Å². The van der Waals surface area contributed by atoms with Crippen molar-refractivity contribution in [3.8, 4) is 5.75 Å². The van der Waals surface area contributed by atoms with E-state index in [-0.39, 0.29) is 30.2 Å². The average Bonchev–Trinajstić information content (AvgIpc) is 2.71. The number of halogens is 4. The summed E-state index contributed by atoms with van der Waals surface area (Å²) in [6.07, 6.45) is -4.79. The highest BCUT2D eigenvalue weighted by atomic mass is 35.5. The highest BCUT2D eigenvalue weighted by Crippen LogP contribution is 2.36. The van der Waals surface area contributed by atoms with Gasteiger partial charge in [-0.05, 0) is 55.3 Å². The lowest BCUT2D eigenvalue weighted by molar-refractivity contribution is -0.137. The first-order valence-electron chi connectivity index (χ1n) is 9.61. The van der Waals surface area contributed by atoms with Gasteiger partial charge in [0.15, 0.2) is 6.61 Å². The lowest BCUT2D eigenvalue weighted by Gasteiger charge is -2.21. The molecule has 0 fully saturated rings. The monoisotopic (exact) mass is 492 g/mol. The third kappa shape index (κ3) is 6.29. The van der Waals surface area contributed by atoms with Crippen LogP contribution in [0.2, 0.25) is 5.02 Å².